The molecule has 4 N–H and O–H groups in total. The van der Waals surface area contributed by atoms with Crippen molar-refractivity contribution in [2.24, 2.45) is 5.73 Å². The van der Waals surface area contributed by atoms with E-state index in [4.69, 9.17) is 10.5 Å². The highest BCUT2D eigenvalue weighted by molar-refractivity contribution is 8.00. The van der Waals surface area contributed by atoms with Crippen LogP contribution in [0.2, 0.25) is 0 Å². The van der Waals surface area contributed by atoms with Crippen LogP contribution < -0.4 is 21.3 Å². The molecule has 9 heteroatoms. The van der Waals surface area contributed by atoms with Crippen LogP contribution in [0.25, 0.3) is 0 Å². The molecule has 2 amide bonds. The standard InChI is InChI=1S/C17H20N4O4S/c1-9(2)21-16-14(17(24)20-21)15(26-8-13(23)19-16)10-4-3-5-11(6-10)25-7-12(18)22/h3-6,9,15H,7-8H2,1-2H3,(H2,18,22)(H,19,23)(H,20,24). The maximum Gasteiger partial charge on any atom is 0.270 e. The smallest absolute Gasteiger partial charge is 0.270 e. The van der Waals surface area contributed by atoms with Crippen LogP contribution >= 0.6 is 11.8 Å². The van der Waals surface area contributed by atoms with Crippen molar-refractivity contribution in [3.05, 3.63) is 45.7 Å². The van der Waals surface area contributed by atoms with Gasteiger partial charge in [0.05, 0.1) is 16.6 Å². The summed E-state index contributed by atoms with van der Waals surface area (Å²) in [5, 5.41) is 5.28. The summed E-state index contributed by atoms with van der Waals surface area (Å²) >= 11 is 1.37. The number of fused-ring (bicyclic) bond motifs is 1. The first kappa shape index (κ1) is 18.1. The van der Waals surface area contributed by atoms with Crippen LogP contribution in [0.5, 0.6) is 5.75 Å². The molecule has 0 radical (unpaired) electrons. The predicted octanol–water partition coefficient (Wildman–Crippen LogP) is 1.40. The van der Waals surface area contributed by atoms with Crippen LogP contribution in [-0.2, 0) is 9.59 Å². The summed E-state index contributed by atoms with van der Waals surface area (Å²) in [4.78, 5) is 35.6. The molecule has 0 saturated carbocycles. The van der Waals surface area contributed by atoms with Crippen molar-refractivity contribution >= 4 is 29.4 Å². The van der Waals surface area contributed by atoms with Crippen LogP contribution in [0, 0.1) is 0 Å². The number of rotatable bonds is 5. The molecule has 1 aromatic carbocycles. The number of H-pyrrole nitrogens is 1. The topological polar surface area (TPSA) is 119 Å². The number of hydrogen-bond acceptors (Lipinski definition) is 5. The predicted molar refractivity (Wildman–Crippen MR) is 99.5 cm³/mol. The number of nitrogens with one attached hydrogen (secondary N) is 2. The molecule has 0 aliphatic carbocycles. The highest BCUT2D eigenvalue weighted by Crippen LogP contribution is 2.41. The van der Waals surface area contributed by atoms with Gasteiger partial charge in [-0.1, -0.05) is 12.1 Å². The zero-order valence-corrected chi connectivity index (χ0v) is 15.3. The third-order valence-corrected chi connectivity index (χ3v) is 5.19. The molecule has 26 heavy (non-hydrogen) atoms. The Morgan fingerprint density at radius 2 is 2.19 bits per heavy atom. The Kier molecular flexibility index (Phi) is 5.08. The number of anilines is 1. The van der Waals surface area contributed by atoms with Gasteiger partial charge >= 0.3 is 0 Å². The molecular formula is C17H20N4O4S. The Morgan fingerprint density at radius 1 is 1.42 bits per heavy atom. The van der Waals surface area contributed by atoms with Gasteiger partial charge in [0.1, 0.15) is 11.6 Å². The molecule has 3 rings (SSSR count). The minimum Gasteiger partial charge on any atom is -0.484 e. The summed E-state index contributed by atoms with van der Waals surface area (Å²) in [5.41, 5.74) is 6.18. The van der Waals surface area contributed by atoms with Gasteiger partial charge in [-0.3, -0.25) is 24.2 Å². The van der Waals surface area contributed by atoms with E-state index in [1.807, 2.05) is 19.9 Å². The number of benzene rings is 1. The Morgan fingerprint density at radius 3 is 2.88 bits per heavy atom. The van der Waals surface area contributed by atoms with Crippen LogP contribution in [0.1, 0.15) is 36.3 Å². The van der Waals surface area contributed by atoms with E-state index in [1.165, 1.54) is 11.8 Å². The van der Waals surface area contributed by atoms with Gasteiger partial charge in [0.25, 0.3) is 11.5 Å². The average Bonchev–Trinajstić information content (AvgIpc) is 2.80. The summed E-state index contributed by atoms with van der Waals surface area (Å²) in [6.07, 6.45) is 0. The van der Waals surface area contributed by atoms with Crippen molar-refractivity contribution in [1.29, 1.82) is 0 Å². The summed E-state index contributed by atoms with van der Waals surface area (Å²) in [6, 6.07) is 7.09. The maximum absolute atomic E-state index is 12.6. The van der Waals surface area contributed by atoms with E-state index in [0.717, 1.165) is 5.56 Å². The largest absolute Gasteiger partial charge is 0.484 e. The summed E-state index contributed by atoms with van der Waals surface area (Å²) in [5.74, 6) is 0.471. The molecular weight excluding hydrogens is 356 g/mol. The van der Waals surface area contributed by atoms with E-state index in [1.54, 1.807) is 22.9 Å². The van der Waals surface area contributed by atoms with E-state index >= 15 is 0 Å². The minimum absolute atomic E-state index is 0.0132. The Hall–Kier alpha value is -2.68. The first-order valence-electron chi connectivity index (χ1n) is 8.13. The molecule has 1 aromatic heterocycles. The number of aromatic amines is 1. The minimum atomic E-state index is -0.568. The van der Waals surface area contributed by atoms with E-state index in [0.29, 0.717) is 17.1 Å². The van der Waals surface area contributed by atoms with E-state index in [-0.39, 0.29) is 35.1 Å². The highest BCUT2D eigenvalue weighted by Gasteiger charge is 2.31. The number of aromatic nitrogens is 2. The Balaban J connectivity index is 2.04. The molecule has 0 spiro atoms. The van der Waals surface area contributed by atoms with Gasteiger partial charge in [-0.25, -0.2) is 0 Å². The molecule has 2 heterocycles. The van der Waals surface area contributed by atoms with Crippen LogP contribution in [0.3, 0.4) is 0 Å². The van der Waals surface area contributed by atoms with Crippen molar-refractivity contribution in [3.63, 3.8) is 0 Å². The average molecular weight is 376 g/mol. The van der Waals surface area contributed by atoms with Crippen LogP contribution in [-0.4, -0.2) is 34.0 Å². The second-order valence-corrected chi connectivity index (χ2v) is 7.33. The summed E-state index contributed by atoms with van der Waals surface area (Å²) in [7, 11) is 0. The van der Waals surface area contributed by atoms with Crippen molar-refractivity contribution in [2.75, 3.05) is 17.7 Å². The van der Waals surface area contributed by atoms with Gasteiger partial charge in [-0.2, -0.15) is 0 Å². The normalized spacial score (nSPS) is 16.7. The van der Waals surface area contributed by atoms with Gasteiger partial charge in [0.2, 0.25) is 5.91 Å². The lowest BCUT2D eigenvalue weighted by atomic mass is 10.1. The third-order valence-electron chi connectivity index (χ3n) is 3.92. The van der Waals surface area contributed by atoms with Gasteiger partial charge in [0, 0.05) is 6.04 Å². The Bertz CT molecular complexity index is 902. The fourth-order valence-corrected chi connectivity index (χ4v) is 3.93. The number of ether oxygens (including phenoxy) is 1. The fraction of sp³-hybridized carbons (Fsp3) is 0.353. The molecule has 2 aromatic rings. The lowest BCUT2D eigenvalue weighted by molar-refractivity contribution is -0.120. The van der Waals surface area contributed by atoms with Gasteiger partial charge < -0.3 is 15.8 Å². The SMILES string of the molecule is CC(C)n1[nH]c(=O)c2c1NC(=O)CSC2c1cccc(OCC(N)=O)c1. The van der Waals surface area contributed by atoms with Crippen LogP contribution in [0.15, 0.2) is 29.1 Å². The lowest BCUT2D eigenvalue weighted by Gasteiger charge is -2.16. The molecule has 1 aliphatic rings. The number of thioether (sulfide) groups is 1. The van der Waals surface area contributed by atoms with E-state index in [2.05, 4.69) is 10.4 Å². The van der Waals surface area contributed by atoms with Crippen molar-refractivity contribution < 1.29 is 14.3 Å². The summed E-state index contributed by atoms with van der Waals surface area (Å²) < 4.78 is 7.02. The molecule has 1 aliphatic heterocycles. The fourth-order valence-electron chi connectivity index (χ4n) is 2.82. The first-order valence-corrected chi connectivity index (χ1v) is 9.18. The molecule has 0 bridgehead atoms. The Labute approximate surface area is 154 Å². The molecule has 138 valence electrons. The molecule has 1 unspecified atom stereocenters. The summed E-state index contributed by atoms with van der Waals surface area (Å²) in [6.45, 7) is 3.62. The quantitative estimate of drug-likeness (QED) is 0.729. The maximum atomic E-state index is 12.6. The second-order valence-electron chi connectivity index (χ2n) is 6.23. The monoisotopic (exact) mass is 376 g/mol. The third kappa shape index (κ3) is 3.62. The van der Waals surface area contributed by atoms with Crippen molar-refractivity contribution in [2.45, 2.75) is 25.1 Å². The van der Waals surface area contributed by atoms with Gasteiger partial charge in [-0.05, 0) is 31.5 Å². The van der Waals surface area contributed by atoms with Crippen molar-refractivity contribution in [1.82, 2.24) is 9.78 Å². The number of hydrogen-bond donors (Lipinski definition) is 3. The number of amides is 2. The van der Waals surface area contributed by atoms with Gasteiger partial charge in [0.15, 0.2) is 6.61 Å². The number of nitrogens with zero attached hydrogens (tertiary/aromatic N) is 1. The number of carbonyl (C=O) groups excluding carboxylic acids is 2. The number of carbonyl (C=O) groups is 2. The zero-order chi connectivity index (χ0) is 18.8. The van der Waals surface area contributed by atoms with Crippen LogP contribution in [0.4, 0.5) is 5.82 Å². The van der Waals surface area contributed by atoms with Gasteiger partial charge in [-0.15, -0.1) is 11.8 Å². The van der Waals surface area contributed by atoms with Crippen molar-refractivity contribution in [3.8, 4) is 5.75 Å². The first-order chi connectivity index (χ1) is 12.4. The number of primary amides is 1. The zero-order valence-electron chi connectivity index (χ0n) is 14.4. The second kappa shape index (κ2) is 7.28. The lowest BCUT2D eigenvalue weighted by Crippen LogP contribution is -2.20. The molecule has 1 atom stereocenters. The van der Waals surface area contributed by atoms with E-state index < -0.39 is 5.91 Å². The van der Waals surface area contributed by atoms with E-state index in [9.17, 15) is 14.4 Å². The number of nitrogens with two attached hydrogens (primary N) is 1. The molecule has 0 saturated heterocycles. The molecule has 0 fully saturated rings. The highest BCUT2D eigenvalue weighted by atomic mass is 32.2. The molecule has 8 nitrogen and oxygen atoms in total.